The highest BCUT2D eigenvalue weighted by atomic mass is 32.1. The maximum Gasteiger partial charge on any atom is 0.348 e. The Bertz CT molecular complexity index is 589. The first kappa shape index (κ1) is 13.3. The fourth-order valence-electron chi connectivity index (χ4n) is 1.50. The van der Waals surface area contributed by atoms with Crippen LogP contribution >= 0.6 is 11.3 Å². The largest absolute Gasteiger partial charge is 0.462 e. The predicted octanol–water partition coefficient (Wildman–Crippen LogP) is 2.21. The predicted molar refractivity (Wildman–Crippen MR) is 71.6 cm³/mol. The number of aromatic amines is 1. The molecule has 2 heterocycles. The standard InChI is InChI=1S/C12H13N3O3S/c1-3-18-12(17)10-7(2)4-9(19-10)15-11(16)8-5-13-6-14-8/h4-6H,3H2,1-2H3,(H,13,14)(H,15,16). The van der Waals surface area contributed by atoms with E-state index in [0.717, 1.165) is 5.56 Å². The Morgan fingerprint density at radius 2 is 2.32 bits per heavy atom. The third-order valence-electron chi connectivity index (χ3n) is 2.36. The number of nitrogens with one attached hydrogen (secondary N) is 2. The summed E-state index contributed by atoms with van der Waals surface area (Å²) in [4.78, 5) is 30.4. The third-order valence-corrected chi connectivity index (χ3v) is 3.49. The van der Waals surface area contributed by atoms with Crippen LogP contribution in [-0.2, 0) is 4.74 Å². The molecule has 0 fully saturated rings. The van der Waals surface area contributed by atoms with Crippen LogP contribution in [-0.4, -0.2) is 28.5 Å². The van der Waals surface area contributed by atoms with E-state index in [-0.39, 0.29) is 11.9 Å². The lowest BCUT2D eigenvalue weighted by Crippen LogP contribution is -2.11. The normalized spacial score (nSPS) is 10.2. The lowest BCUT2D eigenvalue weighted by molar-refractivity contribution is 0.0531. The summed E-state index contributed by atoms with van der Waals surface area (Å²) in [6, 6.07) is 1.74. The lowest BCUT2D eigenvalue weighted by Gasteiger charge is -1.99. The first-order valence-electron chi connectivity index (χ1n) is 5.69. The number of anilines is 1. The number of rotatable bonds is 4. The molecule has 1 amide bonds. The van der Waals surface area contributed by atoms with Crippen molar-refractivity contribution in [3.63, 3.8) is 0 Å². The zero-order chi connectivity index (χ0) is 13.8. The van der Waals surface area contributed by atoms with E-state index in [4.69, 9.17) is 4.74 Å². The van der Waals surface area contributed by atoms with Gasteiger partial charge in [0, 0.05) is 0 Å². The fourth-order valence-corrected chi connectivity index (χ4v) is 2.46. The van der Waals surface area contributed by atoms with Gasteiger partial charge in [-0.3, -0.25) is 4.79 Å². The minimum atomic E-state index is -0.368. The number of amides is 1. The average Bonchev–Trinajstić information content (AvgIpc) is 2.99. The van der Waals surface area contributed by atoms with Gasteiger partial charge in [0.2, 0.25) is 0 Å². The number of hydrogen-bond acceptors (Lipinski definition) is 5. The molecule has 0 aliphatic carbocycles. The molecule has 0 spiro atoms. The number of aromatic nitrogens is 2. The molecule has 2 aromatic rings. The van der Waals surface area contributed by atoms with Crippen molar-refractivity contribution in [2.75, 3.05) is 11.9 Å². The molecule has 2 N–H and O–H groups in total. The summed E-state index contributed by atoms with van der Waals surface area (Å²) in [6.07, 6.45) is 2.86. The number of imidazole rings is 1. The molecule has 2 aromatic heterocycles. The number of carbonyl (C=O) groups excluding carboxylic acids is 2. The van der Waals surface area contributed by atoms with E-state index in [9.17, 15) is 9.59 Å². The van der Waals surface area contributed by atoms with Crippen molar-refractivity contribution in [1.82, 2.24) is 9.97 Å². The SMILES string of the molecule is CCOC(=O)c1sc(NC(=O)c2cnc[nH]2)cc1C. The van der Waals surface area contributed by atoms with Gasteiger partial charge < -0.3 is 15.0 Å². The van der Waals surface area contributed by atoms with Gasteiger partial charge in [0.15, 0.2) is 0 Å². The summed E-state index contributed by atoms with van der Waals surface area (Å²) in [5.41, 5.74) is 1.15. The molecular weight excluding hydrogens is 266 g/mol. The van der Waals surface area contributed by atoms with Crippen LogP contribution in [0.1, 0.15) is 32.6 Å². The van der Waals surface area contributed by atoms with Crippen molar-refractivity contribution < 1.29 is 14.3 Å². The number of nitrogens with zero attached hydrogens (tertiary/aromatic N) is 1. The van der Waals surface area contributed by atoms with E-state index in [1.54, 1.807) is 19.9 Å². The van der Waals surface area contributed by atoms with Crippen LogP contribution in [0.2, 0.25) is 0 Å². The fraction of sp³-hybridized carbons (Fsp3) is 0.250. The zero-order valence-electron chi connectivity index (χ0n) is 10.5. The molecule has 0 radical (unpaired) electrons. The number of esters is 1. The summed E-state index contributed by atoms with van der Waals surface area (Å²) in [7, 11) is 0. The summed E-state index contributed by atoms with van der Waals surface area (Å²) >= 11 is 1.19. The molecule has 0 aromatic carbocycles. The van der Waals surface area contributed by atoms with Crippen LogP contribution in [0.5, 0.6) is 0 Å². The minimum absolute atomic E-state index is 0.297. The van der Waals surface area contributed by atoms with Gasteiger partial charge in [0.05, 0.1) is 24.1 Å². The first-order valence-corrected chi connectivity index (χ1v) is 6.50. The molecule has 7 heteroatoms. The van der Waals surface area contributed by atoms with Gasteiger partial charge in [-0.2, -0.15) is 0 Å². The lowest BCUT2D eigenvalue weighted by atomic mass is 10.3. The smallest absolute Gasteiger partial charge is 0.348 e. The molecule has 0 bridgehead atoms. The molecule has 0 atom stereocenters. The second-order valence-electron chi connectivity index (χ2n) is 3.76. The maximum atomic E-state index is 11.8. The van der Waals surface area contributed by atoms with Crippen molar-refractivity contribution in [1.29, 1.82) is 0 Å². The van der Waals surface area contributed by atoms with Crippen LogP contribution in [0, 0.1) is 6.92 Å². The summed E-state index contributed by atoms with van der Waals surface area (Å²) < 4.78 is 4.94. The van der Waals surface area contributed by atoms with Crippen LogP contribution in [0.25, 0.3) is 0 Å². The number of carbonyl (C=O) groups is 2. The van der Waals surface area contributed by atoms with Crippen LogP contribution < -0.4 is 5.32 Å². The highest BCUT2D eigenvalue weighted by molar-refractivity contribution is 7.18. The van der Waals surface area contributed by atoms with E-state index in [1.807, 2.05) is 0 Å². The molecule has 0 aliphatic rings. The quantitative estimate of drug-likeness (QED) is 0.840. The molecule has 19 heavy (non-hydrogen) atoms. The van der Waals surface area contributed by atoms with Gasteiger partial charge in [-0.15, -0.1) is 11.3 Å². The molecule has 2 rings (SSSR count). The first-order chi connectivity index (χ1) is 9.11. The molecule has 6 nitrogen and oxygen atoms in total. The Kier molecular flexibility index (Phi) is 3.96. The Labute approximate surface area is 113 Å². The second-order valence-corrected chi connectivity index (χ2v) is 4.81. The minimum Gasteiger partial charge on any atom is -0.462 e. The number of hydrogen-bond donors (Lipinski definition) is 2. The van der Waals surface area contributed by atoms with E-state index < -0.39 is 0 Å². The van der Waals surface area contributed by atoms with Gasteiger partial charge in [0.25, 0.3) is 5.91 Å². The topological polar surface area (TPSA) is 84.1 Å². The van der Waals surface area contributed by atoms with Gasteiger partial charge in [-0.1, -0.05) is 0 Å². The average molecular weight is 279 g/mol. The van der Waals surface area contributed by atoms with Crippen molar-refractivity contribution in [3.05, 3.63) is 34.7 Å². The van der Waals surface area contributed by atoms with Gasteiger partial charge in [0.1, 0.15) is 10.6 Å². The number of aryl methyl sites for hydroxylation is 1. The molecule has 0 saturated heterocycles. The summed E-state index contributed by atoms with van der Waals surface area (Å²) in [5.74, 6) is -0.666. The summed E-state index contributed by atoms with van der Waals surface area (Å²) in [5, 5.41) is 3.30. The Morgan fingerprint density at radius 3 is 2.95 bits per heavy atom. The monoisotopic (exact) mass is 279 g/mol. The molecule has 0 aliphatic heterocycles. The third kappa shape index (κ3) is 3.00. The Morgan fingerprint density at radius 1 is 1.53 bits per heavy atom. The number of ether oxygens (including phenoxy) is 1. The van der Waals surface area contributed by atoms with E-state index in [0.29, 0.717) is 22.2 Å². The van der Waals surface area contributed by atoms with Crippen molar-refractivity contribution in [2.45, 2.75) is 13.8 Å². The molecule has 0 unspecified atom stereocenters. The van der Waals surface area contributed by atoms with E-state index >= 15 is 0 Å². The molecule has 100 valence electrons. The van der Waals surface area contributed by atoms with Gasteiger partial charge in [-0.25, -0.2) is 9.78 Å². The van der Waals surface area contributed by atoms with Crippen LogP contribution in [0.15, 0.2) is 18.6 Å². The Hall–Kier alpha value is -2.15. The van der Waals surface area contributed by atoms with Crippen LogP contribution in [0.4, 0.5) is 5.00 Å². The maximum absolute atomic E-state index is 11.8. The Balaban J connectivity index is 2.12. The van der Waals surface area contributed by atoms with Crippen LogP contribution in [0.3, 0.4) is 0 Å². The van der Waals surface area contributed by atoms with Gasteiger partial charge in [-0.05, 0) is 25.5 Å². The van der Waals surface area contributed by atoms with Gasteiger partial charge >= 0.3 is 5.97 Å². The highest BCUT2D eigenvalue weighted by Gasteiger charge is 2.16. The van der Waals surface area contributed by atoms with E-state index in [2.05, 4.69) is 15.3 Å². The van der Waals surface area contributed by atoms with E-state index in [1.165, 1.54) is 23.9 Å². The number of H-pyrrole nitrogens is 1. The van der Waals surface area contributed by atoms with Crippen molar-refractivity contribution in [2.24, 2.45) is 0 Å². The zero-order valence-corrected chi connectivity index (χ0v) is 11.3. The van der Waals surface area contributed by atoms with Crippen molar-refractivity contribution in [3.8, 4) is 0 Å². The second kappa shape index (κ2) is 5.66. The molecule has 0 saturated carbocycles. The number of thiophene rings is 1. The molecular formula is C12H13N3O3S. The van der Waals surface area contributed by atoms with Crippen molar-refractivity contribution >= 4 is 28.2 Å². The highest BCUT2D eigenvalue weighted by Crippen LogP contribution is 2.27. The summed E-state index contributed by atoms with van der Waals surface area (Å²) in [6.45, 7) is 3.88.